The van der Waals surface area contributed by atoms with E-state index in [1.807, 2.05) is 0 Å². The maximum Gasteiger partial charge on any atom is 0.0611 e. The number of benzene rings is 1. The van der Waals surface area contributed by atoms with Crippen molar-refractivity contribution in [1.29, 1.82) is 0 Å². The minimum Gasteiger partial charge on any atom is -0.392 e. The molecule has 1 aliphatic rings. The van der Waals surface area contributed by atoms with Gasteiger partial charge in [0.1, 0.15) is 0 Å². The lowest BCUT2D eigenvalue weighted by molar-refractivity contribution is 0.146. The molecular weight excluding hydrogens is 196 g/mol. The highest BCUT2D eigenvalue weighted by Gasteiger charge is 2.38. The van der Waals surface area contributed by atoms with E-state index in [2.05, 4.69) is 39.8 Å². The van der Waals surface area contributed by atoms with Crippen molar-refractivity contribution < 1.29 is 5.11 Å². The molecule has 3 atom stereocenters. The van der Waals surface area contributed by atoms with Gasteiger partial charge >= 0.3 is 0 Å². The summed E-state index contributed by atoms with van der Waals surface area (Å²) in [7, 11) is 0. The molecule has 16 heavy (non-hydrogen) atoms. The number of aryl methyl sites for hydroxylation is 3. The summed E-state index contributed by atoms with van der Waals surface area (Å²) in [5.74, 6) is 1.26. The summed E-state index contributed by atoms with van der Waals surface area (Å²) < 4.78 is 0. The molecule has 1 saturated carbocycles. The standard InChI is InChI=1S/C15H22O/c1-9-5-10(2)13(11(3)6-9)8-15(16)14-7-12(14)4/h5-6,12,14-16H,7-8H2,1-4H3. The number of aliphatic hydroxyl groups excluding tert-OH is 1. The smallest absolute Gasteiger partial charge is 0.0611 e. The van der Waals surface area contributed by atoms with Crippen LogP contribution in [-0.4, -0.2) is 11.2 Å². The van der Waals surface area contributed by atoms with E-state index in [0.717, 1.165) is 12.3 Å². The number of hydrogen-bond donors (Lipinski definition) is 1. The molecule has 0 amide bonds. The highest BCUT2D eigenvalue weighted by atomic mass is 16.3. The van der Waals surface area contributed by atoms with Crippen LogP contribution in [0.15, 0.2) is 12.1 Å². The SMILES string of the molecule is Cc1cc(C)c(CC(O)C2CC2C)c(C)c1. The molecule has 1 aliphatic carbocycles. The Bertz CT molecular complexity index is 371. The third-order valence-electron chi connectivity index (χ3n) is 3.92. The van der Waals surface area contributed by atoms with Crippen LogP contribution in [0.5, 0.6) is 0 Å². The molecule has 1 N–H and O–H groups in total. The van der Waals surface area contributed by atoms with Gasteiger partial charge in [-0.2, -0.15) is 0 Å². The van der Waals surface area contributed by atoms with Crippen molar-refractivity contribution in [2.45, 2.75) is 46.6 Å². The Hall–Kier alpha value is -0.820. The van der Waals surface area contributed by atoms with Crippen molar-refractivity contribution in [3.63, 3.8) is 0 Å². The monoisotopic (exact) mass is 218 g/mol. The van der Waals surface area contributed by atoms with Crippen LogP contribution < -0.4 is 0 Å². The van der Waals surface area contributed by atoms with Crippen LogP contribution in [0.1, 0.15) is 35.6 Å². The third kappa shape index (κ3) is 2.30. The first-order chi connectivity index (χ1) is 7.49. The lowest BCUT2D eigenvalue weighted by Gasteiger charge is -2.15. The Morgan fingerprint density at radius 2 is 1.75 bits per heavy atom. The van der Waals surface area contributed by atoms with E-state index >= 15 is 0 Å². The highest BCUT2D eigenvalue weighted by Crippen LogP contribution is 2.41. The first-order valence-electron chi connectivity index (χ1n) is 6.24. The van der Waals surface area contributed by atoms with Gasteiger partial charge in [-0.3, -0.25) is 0 Å². The van der Waals surface area contributed by atoms with Crippen LogP contribution in [0.25, 0.3) is 0 Å². The van der Waals surface area contributed by atoms with Crippen LogP contribution in [0.4, 0.5) is 0 Å². The third-order valence-corrected chi connectivity index (χ3v) is 3.92. The van der Waals surface area contributed by atoms with Crippen molar-refractivity contribution in [3.8, 4) is 0 Å². The Morgan fingerprint density at radius 1 is 1.25 bits per heavy atom. The Morgan fingerprint density at radius 3 is 2.19 bits per heavy atom. The average molecular weight is 218 g/mol. The predicted molar refractivity (Wildman–Crippen MR) is 67.6 cm³/mol. The number of aliphatic hydroxyl groups is 1. The zero-order valence-electron chi connectivity index (χ0n) is 10.7. The van der Waals surface area contributed by atoms with Crippen LogP contribution in [0, 0.1) is 32.6 Å². The molecule has 1 aromatic carbocycles. The molecular formula is C15H22O. The number of hydrogen-bond acceptors (Lipinski definition) is 1. The molecule has 1 aromatic rings. The largest absolute Gasteiger partial charge is 0.392 e. The molecule has 1 fully saturated rings. The summed E-state index contributed by atoms with van der Waals surface area (Å²) >= 11 is 0. The average Bonchev–Trinajstić information content (AvgIpc) is 2.88. The zero-order chi connectivity index (χ0) is 11.9. The van der Waals surface area contributed by atoms with Gasteiger partial charge in [-0.05, 0) is 62.1 Å². The minimum atomic E-state index is -0.143. The van der Waals surface area contributed by atoms with Crippen molar-refractivity contribution in [3.05, 3.63) is 34.4 Å². The van der Waals surface area contributed by atoms with Crippen molar-refractivity contribution in [1.82, 2.24) is 0 Å². The molecule has 0 heterocycles. The zero-order valence-corrected chi connectivity index (χ0v) is 10.7. The predicted octanol–water partition coefficient (Wildman–Crippen LogP) is 3.17. The van der Waals surface area contributed by atoms with E-state index in [9.17, 15) is 5.11 Å². The Balaban J connectivity index is 2.14. The van der Waals surface area contributed by atoms with Crippen molar-refractivity contribution in [2.24, 2.45) is 11.8 Å². The van der Waals surface area contributed by atoms with E-state index in [4.69, 9.17) is 0 Å². The first kappa shape index (κ1) is 11.7. The van der Waals surface area contributed by atoms with Gasteiger partial charge in [0, 0.05) is 0 Å². The quantitative estimate of drug-likeness (QED) is 0.826. The summed E-state index contributed by atoms with van der Waals surface area (Å²) in [6.45, 7) is 8.66. The summed E-state index contributed by atoms with van der Waals surface area (Å²) in [5.41, 5.74) is 5.31. The first-order valence-corrected chi connectivity index (χ1v) is 6.24. The van der Waals surface area contributed by atoms with E-state index in [1.54, 1.807) is 0 Å². The lowest BCUT2D eigenvalue weighted by Crippen LogP contribution is -2.15. The molecule has 1 heteroatoms. The van der Waals surface area contributed by atoms with Gasteiger partial charge in [0.2, 0.25) is 0 Å². The van der Waals surface area contributed by atoms with Gasteiger partial charge in [-0.15, -0.1) is 0 Å². The van der Waals surface area contributed by atoms with Crippen LogP contribution >= 0.6 is 0 Å². The van der Waals surface area contributed by atoms with E-state index in [1.165, 1.54) is 28.7 Å². The van der Waals surface area contributed by atoms with Gasteiger partial charge < -0.3 is 5.11 Å². The van der Waals surface area contributed by atoms with E-state index in [0.29, 0.717) is 5.92 Å². The fourth-order valence-electron chi connectivity index (χ4n) is 2.78. The molecule has 2 rings (SSSR count). The summed E-state index contributed by atoms with van der Waals surface area (Å²) in [6, 6.07) is 4.43. The normalized spacial score (nSPS) is 25.6. The van der Waals surface area contributed by atoms with Gasteiger partial charge in [-0.1, -0.05) is 24.6 Å². The van der Waals surface area contributed by atoms with Crippen LogP contribution in [0.3, 0.4) is 0 Å². The fourth-order valence-corrected chi connectivity index (χ4v) is 2.78. The minimum absolute atomic E-state index is 0.143. The van der Waals surface area contributed by atoms with Gasteiger partial charge in [-0.25, -0.2) is 0 Å². The molecule has 0 bridgehead atoms. The second kappa shape index (κ2) is 4.21. The number of rotatable bonds is 3. The molecule has 0 radical (unpaired) electrons. The van der Waals surface area contributed by atoms with E-state index in [-0.39, 0.29) is 6.10 Å². The Labute approximate surface area is 98.5 Å². The van der Waals surface area contributed by atoms with Gasteiger partial charge in [0.25, 0.3) is 0 Å². The second-order valence-electron chi connectivity index (χ2n) is 5.53. The van der Waals surface area contributed by atoms with Gasteiger partial charge in [0.15, 0.2) is 0 Å². The maximum atomic E-state index is 10.1. The lowest BCUT2D eigenvalue weighted by atomic mass is 9.94. The molecule has 3 unspecified atom stereocenters. The molecule has 88 valence electrons. The summed E-state index contributed by atoms with van der Waals surface area (Å²) in [5, 5.41) is 10.1. The molecule has 0 aromatic heterocycles. The van der Waals surface area contributed by atoms with Crippen molar-refractivity contribution in [2.75, 3.05) is 0 Å². The van der Waals surface area contributed by atoms with Crippen molar-refractivity contribution >= 4 is 0 Å². The van der Waals surface area contributed by atoms with E-state index < -0.39 is 0 Å². The maximum absolute atomic E-state index is 10.1. The molecule has 0 saturated heterocycles. The fraction of sp³-hybridized carbons (Fsp3) is 0.600. The van der Waals surface area contributed by atoms with Gasteiger partial charge in [0.05, 0.1) is 6.10 Å². The topological polar surface area (TPSA) is 20.2 Å². The second-order valence-corrected chi connectivity index (χ2v) is 5.53. The summed E-state index contributed by atoms with van der Waals surface area (Å²) in [6.07, 6.45) is 1.88. The van der Waals surface area contributed by atoms with Crippen LogP contribution in [-0.2, 0) is 6.42 Å². The molecule has 0 aliphatic heterocycles. The molecule has 0 spiro atoms. The summed E-state index contributed by atoms with van der Waals surface area (Å²) in [4.78, 5) is 0. The highest BCUT2D eigenvalue weighted by molar-refractivity contribution is 5.38. The molecule has 1 nitrogen and oxygen atoms in total. The van der Waals surface area contributed by atoms with Crippen LogP contribution in [0.2, 0.25) is 0 Å². The Kier molecular flexibility index (Phi) is 3.07.